The molecule has 120 valence electrons. The van der Waals surface area contributed by atoms with Crippen LogP contribution in [0.3, 0.4) is 0 Å². The molecule has 1 aromatic rings. The fourth-order valence-electron chi connectivity index (χ4n) is 3.38. The normalized spacial score (nSPS) is 27.9. The summed E-state index contributed by atoms with van der Waals surface area (Å²) in [5.74, 6) is 1.37. The van der Waals surface area contributed by atoms with E-state index in [0.717, 1.165) is 25.6 Å². The Kier molecular flexibility index (Phi) is 4.13. The van der Waals surface area contributed by atoms with Crippen molar-refractivity contribution in [3.63, 3.8) is 0 Å². The van der Waals surface area contributed by atoms with Gasteiger partial charge in [0.2, 0.25) is 0 Å². The first-order valence-corrected chi connectivity index (χ1v) is 8.16. The van der Waals surface area contributed by atoms with Crippen molar-refractivity contribution >= 4 is 6.09 Å². The molecule has 0 radical (unpaired) electrons. The lowest BCUT2D eigenvalue weighted by molar-refractivity contribution is 0.0463. The van der Waals surface area contributed by atoms with Crippen LogP contribution in [0.4, 0.5) is 4.79 Å². The van der Waals surface area contributed by atoms with E-state index < -0.39 is 5.60 Å². The van der Waals surface area contributed by atoms with Crippen LogP contribution in [-0.2, 0) is 11.3 Å². The third-order valence-corrected chi connectivity index (χ3v) is 4.39. The molecule has 1 aliphatic carbocycles. The summed E-state index contributed by atoms with van der Waals surface area (Å²) in [5.41, 5.74) is 0.892. The number of benzene rings is 1. The molecule has 22 heavy (non-hydrogen) atoms. The number of carbonyl (C=O) groups excluding carboxylic acids is 1. The van der Waals surface area contributed by atoms with Gasteiger partial charge in [-0.25, -0.2) is 4.79 Å². The van der Waals surface area contributed by atoms with Gasteiger partial charge in [-0.2, -0.15) is 0 Å². The predicted octanol–water partition coefficient (Wildman–Crippen LogP) is 3.03. The molecule has 1 saturated heterocycles. The maximum Gasteiger partial charge on any atom is 0.407 e. The van der Waals surface area contributed by atoms with Crippen LogP contribution in [-0.4, -0.2) is 35.7 Å². The average molecular weight is 302 g/mol. The van der Waals surface area contributed by atoms with Gasteiger partial charge in [-0.05, 0) is 44.6 Å². The number of amides is 1. The molecular formula is C18H26N2O2. The first-order chi connectivity index (χ1) is 10.4. The Balaban J connectivity index is 1.56. The van der Waals surface area contributed by atoms with Crippen molar-refractivity contribution in [3.8, 4) is 0 Å². The monoisotopic (exact) mass is 302 g/mol. The molecule has 3 atom stereocenters. The van der Waals surface area contributed by atoms with E-state index in [-0.39, 0.29) is 12.1 Å². The summed E-state index contributed by atoms with van der Waals surface area (Å²) < 4.78 is 5.39. The van der Waals surface area contributed by atoms with E-state index >= 15 is 0 Å². The smallest absolute Gasteiger partial charge is 0.407 e. The number of fused-ring (bicyclic) bond motifs is 1. The molecule has 4 heteroatoms. The number of alkyl carbamates (subject to hydrolysis) is 1. The average Bonchev–Trinajstić information content (AvgIpc) is 3.17. The molecule has 1 aromatic carbocycles. The molecule has 0 spiro atoms. The number of ether oxygens (including phenoxy) is 1. The molecule has 1 heterocycles. The second-order valence-corrected chi connectivity index (χ2v) is 7.59. The lowest BCUT2D eigenvalue weighted by atomic mass is 10.0. The molecule has 3 unspecified atom stereocenters. The molecule has 1 N–H and O–H groups in total. The summed E-state index contributed by atoms with van der Waals surface area (Å²) in [6.45, 7) is 8.71. The molecule has 1 amide bonds. The standard InChI is InChI=1S/C18H26N2O2/c1-18(2,3)22-17(21)19-16-12-20(11-14-9-15(14)16)10-13-7-5-4-6-8-13/h4-8,14-16H,9-12H2,1-3H3,(H,19,21). The maximum atomic E-state index is 12.0. The summed E-state index contributed by atoms with van der Waals surface area (Å²) in [6.07, 6.45) is 0.941. The number of carbonyl (C=O) groups is 1. The lowest BCUT2D eigenvalue weighted by Crippen LogP contribution is -2.50. The van der Waals surface area contributed by atoms with Crippen molar-refractivity contribution in [2.75, 3.05) is 13.1 Å². The van der Waals surface area contributed by atoms with Gasteiger partial charge in [0.05, 0.1) is 0 Å². The number of hydrogen-bond donors (Lipinski definition) is 1. The van der Waals surface area contributed by atoms with Crippen LogP contribution in [0, 0.1) is 11.8 Å². The fourth-order valence-corrected chi connectivity index (χ4v) is 3.38. The van der Waals surface area contributed by atoms with Gasteiger partial charge >= 0.3 is 6.09 Å². The molecule has 3 rings (SSSR count). The Morgan fingerprint density at radius 1 is 1.27 bits per heavy atom. The minimum atomic E-state index is -0.439. The van der Waals surface area contributed by atoms with Crippen LogP contribution in [0.2, 0.25) is 0 Å². The lowest BCUT2D eigenvalue weighted by Gasteiger charge is -2.33. The molecule has 2 fully saturated rings. The number of rotatable bonds is 3. The quantitative estimate of drug-likeness (QED) is 0.933. The van der Waals surface area contributed by atoms with E-state index in [1.54, 1.807) is 0 Å². The highest BCUT2D eigenvalue weighted by molar-refractivity contribution is 5.68. The van der Waals surface area contributed by atoms with E-state index in [4.69, 9.17) is 4.74 Å². The zero-order chi connectivity index (χ0) is 15.7. The Morgan fingerprint density at radius 2 is 2.00 bits per heavy atom. The summed E-state index contributed by atoms with van der Waals surface area (Å²) in [5, 5.41) is 3.08. The zero-order valence-electron chi connectivity index (χ0n) is 13.7. The topological polar surface area (TPSA) is 41.6 Å². The summed E-state index contributed by atoms with van der Waals surface area (Å²) in [7, 11) is 0. The Labute approximate surface area is 132 Å². The summed E-state index contributed by atoms with van der Waals surface area (Å²) in [6, 6.07) is 10.7. The first kappa shape index (κ1) is 15.3. The highest BCUT2D eigenvalue weighted by Gasteiger charge is 2.48. The fraction of sp³-hybridized carbons (Fsp3) is 0.611. The van der Waals surface area contributed by atoms with Gasteiger partial charge in [0.15, 0.2) is 0 Å². The third-order valence-electron chi connectivity index (χ3n) is 4.39. The van der Waals surface area contributed by atoms with Crippen LogP contribution in [0.25, 0.3) is 0 Å². The highest BCUT2D eigenvalue weighted by Crippen LogP contribution is 2.45. The SMILES string of the molecule is CC(C)(C)OC(=O)NC1CN(Cc2ccccc2)CC2CC21. The predicted molar refractivity (Wildman–Crippen MR) is 86.5 cm³/mol. The Morgan fingerprint density at radius 3 is 2.68 bits per heavy atom. The molecule has 0 aromatic heterocycles. The van der Waals surface area contributed by atoms with Gasteiger partial charge in [0.1, 0.15) is 5.60 Å². The van der Waals surface area contributed by atoms with E-state index in [1.165, 1.54) is 12.0 Å². The van der Waals surface area contributed by atoms with Gasteiger partial charge in [0, 0.05) is 25.7 Å². The Hall–Kier alpha value is -1.55. The van der Waals surface area contributed by atoms with Crippen LogP contribution >= 0.6 is 0 Å². The van der Waals surface area contributed by atoms with Crippen LogP contribution in [0.1, 0.15) is 32.8 Å². The molecule has 1 saturated carbocycles. The van der Waals surface area contributed by atoms with Crippen LogP contribution in [0.5, 0.6) is 0 Å². The van der Waals surface area contributed by atoms with Gasteiger partial charge in [-0.1, -0.05) is 30.3 Å². The van der Waals surface area contributed by atoms with Gasteiger partial charge in [-0.3, -0.25) is 4.90 Å². The number of hydrogen-bond acceptors (Lipinski definition) is 3. The summed E-state index contributed by atoms with van der Waals surface area (Å²) >= 11 is 0. The molecule has 0 bridgehead atoms. The van der Waals surface area contributed by atoms with Gasteiger partial charge in [0.25, 0.3) is 0 Å². The highest BCUT2D eigenvalue weighted by atomic mass is 16.6. The van der Waals surface area contributed by atoms with Crippen molar-refractivity contribution < 1.29 is 9.53 Å². The zero-order valence-corrected chi connectivity index (χ0v) is 13.7. The van der Waals surface area contributed by atoms with E-state index in [1.807, 2.05) is 26.8 Å². The second-order valence-electron chi connectivity index (χ2n) is 7.59. The third kappa shape index (κ3) is 4.01. The largest absolute Gasteiger partial charge is 0.444 e. The van der Waals surface area contributed by atoms with Crippen molar-refractivity contribution in [2.45, 2.75) is 45.4 Å². The first-order valence-electron chi connectivity index (χ1n) is 8.16. The van der Waals surface area contributed by atoms with Crippen molar-refractivity contribution in [1.29, 1.82) is 0 Å². The number of nitrogens with one attached hydrogen (secondary N) is 1. The second kappa shape index (κ2) is 5.92. The number of piperidine rings is 1. The molecule has 2 aliphatic rings. The van der Waals surface area contributed by atoms with Gasteiger partial charge in [-0.15, -0.1) is 0 Å². The minimum Gasteiger partial charge on any atom is -0.444 e. The van der Waals surface area contributed by atoms with Crippen molar-refractivity contribution in [1.82, 2.24) is 10.2 Å². The number of nitrogens with zero attached hydrogens (tertiary/aromatic N) is 1. The van der Waals surface area contributed by atoms with Crippen LogP contribution in [0.15, 0.2) is 30.3 Å². The van der Waals surface area contributed by atoms with Crippen molar-refractivity contribution in [3.05, 3.63) is 35.9 Å². The Bertz CT molecular complexity index is 524. The van der Waals surface area contributed by atoms with E-state index in [9.17, 15) is 4.79 Å². The van der Waals surface area contributed by atoms with Gasteiger partial charge < -0.3 is 10.1 Å². The van der Waals surface area contributed by atoms with E-state index in [0.29, 0.717) is 5.92 Å². The number of likely N-dealkylation sites (tertiary alicyclic amines) is 1. The minimum absolute atomic E-state index is 0.220. The molecule has 1 aliphatic heterocycles. The maximum absolute atomic E-state index is 12.0. The van der Waals surface area contributed by atoms with Crippen LogP contribution < -0.4 is 5.32 Å². The van der Waals surface area contributed by atoms with Crippen molar-refractivity contribution in [2.24, 2.45) is 11.8 Å². The molecule has 4 nitrogen and oxygen atoms in total. The summed E-state index contributed by atoms with van der Waals surface area (Å²) in [4.78, 5) is 14.5. The van der Waals surface area contributed by atoms with E-state index in [2.05, 4.69) is 34.5 Å². The molecular weight excluding hydrogens is 276 g/mol.